The van der Waals surface area contributed by atoms with Gasteiger partial charge in [-0.05, 0) is 53.5 Å². The molecule has 100 valence electrons. The summed E-state index contributed by atoms with van der Waals surface area (Å²) in [6.45, 7) is 2.08. The van der Waals surface area contributed by atoms with Crippen molar-refractivity contribution in [3.8, 4) is 5.75 Å². The molecule has 0 aromatic heterocycles. The third kappa shape index (κ3) is 3.78. The molecule has 0 aliphatic rings. The van der Waals surface area contributed by atoms with E-state index in [1.54, 1.807) is 28.8 Å². The van der Waals surface area contributed by atoms with Gasteiger partial charge in [0.2, 0.25) is 0 Å². The third-order valence-corrected chi connectivity index (χ3v) is 4.52. The van der Waals surface area contributed by atoms with Crippen molar-refractivity contribution in [2.24, 2.45) is 0 Å². The molecule has 0 spiro atoms. The number of phenols is 1. The Morgan fingerprint density at radius 2 is 2.22 bits per heavy atom. The second-order valence-corrected chi connectivity index (χ2v) is 6.17. The maximum atomic E-state index is 12.3. The van der Waals surface area contributed by atoms with Crippen LogP contribution in [0.25, 0.3) is 0 Å². The number of halogens is 1. The first-order valence-electron chi connectivity index (χ1n) is 5.75. The fourth-order valence-corrected chi connectivity index (χ4v) is 2.89. The van der Waals surface area contributed by atoms with Crippen molar-refractivity contribution in [3.05, 3.63) is 27.3 Å². The number of aromatic hydroxyl groups is 1. The Balaban J connectivity index is 2.88. The molecular formula is C13H18INO2S. The standard InChI is InChI=1S/C13H18INO2S/c1-4-10(8-18-3)15(2)13(17)9-5-6-11(14)12(16)7-9/h5-7,10,16H,4,8H2,1-3H3. The van der Waals surface area contributed by atoms with E-state index in [2.05, 4.69) is 6.92 Å². The van der Waals surface area contributed by atoms with E-state index < -0.39 is 0 Å². The fourth-order valence-electron chi connectivity index (χ4n) is 1.71. The molecule has 3 nitrogen and oxygen atoms in total. The molecule has 1 unspecified atom stereocenters. The minimum atomic E-state index is -0.0393. The maximum Gasteiger partial charge on any atom is 0.254 e. The molecule has 0 heterocycles. The van der Waals surface area contributed by atoms with Gasteiger partial charge >= 0.3 is 0 Å². The summed E-state index contributed by atoms with van der Waals surface area (Å²) in [7, 11) is 1.82. The summed E-state index contributed by atoms with van der Waals surface area (Å²) in [5, 5.41) is 9.65. The molecule has 18 heavy (non-hydrogen) atoms. The van der Waals surface area contributed by atoms with Crippen LogP contribution in [0.15, 0.2) is 18.2 Å². The number of hydrogen-bond acceptors (Lipinski definition) is 3. The van der Waals surface area contributed by atoms with E-state index in [-0.39, 0.29) is 17.7 Å². The summed E-state index contributed by atoms with van der Waals surface area (Å²) < 4.78 is 0.753. The Morgan fingerprint density at radius 1 is 1.56 bits per heavy atom. The Bertz CT molecular complexity index is 425. The monoisotopic (exact) mass is 379 g/mol. The topological polar surface area (TPSA) is 40.5 Å². The van der Waals surface area contributed by atoms with Crippen LogP contribution in [0, 0.1) is 3.57 Å². The number of rotatable bonds is 5. The minimum absolute atomic E-state index is 0.0393. The quantitative estimate of drug-likeness (QED) is 0.799. The summed E-state index contributed by atoms with van der Waals surface area (Å²) in [6, 6.07) is 5.28. The van der Waals surface area contributed by atoms with Crippen LogP contribution in [0.2, 0.25) is 0 Å². The fraction of sp³-hybridized carbons (Fsp3) is 0.462. The lowest BCUT2D eigenvalue weighted by Crippen LogP contribution is -2.38. The molecule has 0 saturated heterocycles. The van der Waals surface area contributed by atoms with Crippen LogP contribution in [0.5, 0.6) is 5.75 Å². The van der Waals surface area contributed by atoms with E-state index in [0.29, 0.717) is 5.56 Å². The second-order valence-electron chi connectivity index (χ2n) is 4.10. The normalized spacial score (nSPS) is 12.2. The average Bonchev–Trinajstić information content (AvgIpc) is 2.37. The number of benzene rings is 1. The Hall–Kier alpha value is -0.430. The van der Waals surface area contributed by atoms with E-state index in [1.165, 1.54) is 6.07 Å². The van der Waals surface area contributed by atoms with Crippen molar-refractivity contribution < 1.29 is 9.90 Å². The smallest absolute Gasteiger partial charge is 0.254 e. The van der Waals surface area contributed by atoms with Crippen LogP contribution >= 0.6 is 34.4 Å². The first-order valence-corrected chi connectivity index (χ1v) is 8.23. The van der Waals surface area contributed by atoms with Gasteiger partial charge in [-0.2, -0.15) is 11.8 Å². The van der Waals surface area contributed by atoms with Gasteiger partial charge in [-0.1, -0.05) is 6.92 Å². The van der Waals surface area contributed by atoms with Gasteiger partial charge in [-0.15, -0.1) is 0 Å². The van der Waals surface area contributed by atoms with Crippen LogP contribution in [-0.4, -0.2) is 41.0 Å². The van der Waals surface area contributed by atoms with Crippen LogP contribution in [0.3, 0.4) is 0 Å². The van der Waals surface area contributed by atoms with E-state index in [0.717, 1.165) is 15.7 Å². The lowest BCUT2D eigenvalue weighted by atomic mass is 10.1. The van der Waals surface area contributed by atoms with Gasteiger partial charge in [-0.3, -0.25) is 4.79 Å². The lowest BCUT2D eigenvalue weighted by molar-refractivity contribution is 0.0743. The van der Waals surface area contributed by atoms with Crippen LogP contribution in [0.4, 0.5) is 0 Å². The molecule has 0 aliphatic heterocycles. The van der Waals surface area contributed by atoms with Crippen molar-refractivity contribution in [2.45, 2.75) is 19.4 Å². The largest absolute Gasteiger partial charge is 0.507 e. The first kappa shape index (κ1) is 15.6. The molecule has 1 rings (SSSR count). The average molecular weight is 379 g/mol. The van der Waals surface area contributed by atoms with E-state index >= 15 is 0 Å². The van der Waals surface area contributed by atoms with Gasteiger partial charge in [0.1, 0.15) is 5.75 Å². The highest BCUT2D eigenvalue weighted by molar-refractivity contribution is 14.1. The molecule has 1 aromatic rings. The molecule has 1 N–H and O–H groups in total. The molecule has 0 fully saturated rings. The third-order valence-electron chi connectivity index (χ3n) is 2.89. The summed E-state index contributed by atoms with van der Waals surface area (Å²) in [4.78, 5) is 14.0. The van der Waals surface area contributed by atoms with Crippen molar-refractivity contribution in [1.29, 1.82) is 0 Å². The second kappa shape index (κ2) is 7.23. The first-order chi connectivity index (χ1) is 8.51. The maximum absolute atomic E-state index is 12.3. The van der Waals surface area contributed by atoms with Crippen LogP contribution in [0.1, 0.15) is 23.7 Å². The number of hydrogen-bond donors (Lipinski definition) is 1. The van der Waals surface area contributed by atoms with Gasteiger partial charge < -0.3 is 10.0 Å². The zero-order valence-electron chi connectivity index (χ0n) is 10.8. The van der Waals surface area contributed by atoms with Gasteiger partial charge in [0.05, 0.1) is 3.57 Å². The molecule has 0 saturated carbocycles. The van der Waals surface area contributed by atoms with Gasteiger partial charge in [0, 0.05) is 24.4 Å². The predicted octanol–water partition coefficient (Wildman–Crippen LogP) is 3.21. The Labute approximate surface area is 126 Å². The highest BCUT2D eigenvalue weighted by Crippen LogP contribution is 2.22. The Kier molecular flexibility index (Phi) is 6.28. The van der Waals surface area contributed by atoms with Crippen molar-refractivity contribution in [2.75, 3.05) is 19.1 Å². The number of thioether (sulfide) groups is 1. The van der Waals surface area contributed by atoms with Crippen molar-refractivity contribution >= 4 is 40.3 Å². The summed E-state index contributed by atoms with van der Waals surface area (Å²) in [5.41, 5.74) is 0.537. The molecule has 1 atom stereocenters. The number of phenolic OH excluding ortho intramolecular Hbond substituents is 1. The number of carbonyl (C=O) groups is 1. The molecular weight excluding hydrogens is 361 g/mol. The summed E-state index contributed by atoms with van der Waals surface area (Å²) >= 11 is 3.77. The van der Waals surface area contributed by atoms with Gasteiger partial charge in [-0.25, -0.2) is 0 Å². The lowest BCUT2D eigenvalue weighted by Gasteiger charge is -2.27. The van der Waals surface area contributed by atoms with Crippen LogP contribution < -0.4 is 0 Å². The van der Waals surface area contributed by atoms with Crippen molar-refractivity contribution in [1.82, 2.24) is 4.90 Å². The zero-order chi connectivity index (χ0) is 13.7. The number of amides is 1. The van der Waals surface area contributed by atoms with Crippen LogP contribution in [-0.2, 0) is 0 Å². The molecule has 1 aromatic carbocycles. The molecule has 0 radical (unpaired) electrons. The van der Waals surface area contributed by atoms with Gasteiger partial charge in [0.15, 0.2) is 0 Å². The molecule has 1 amide bonds. The SMILES string of the molecule is CCC(CSC)N(C)C(=O)c1ccc(I)c(O)c1. The van der Waals surface area contributed by atoms with E-state index in [9.17, 15) is 9.90 Å². The molecule has 0 bridgehead atoms. The predicted molar refractivity (Wildman–Crippen MR) is 85.4 cm³/mol. The minimum Gasteiger partial charge on any atom is -0.507 e. The van der Waals surface area contributed by atoms with Crippen molar-refractivity contribution in [3.63, 3.8) is 0 Å². The zero-order valence-corrected chi connectivity index (χ0v) is 13.8. The van der Waals surface area contributed by atoms with E-state index in [1.807, 2.05) is 35.9 Å². The number of carbonyl (C=O) groups excluding carboxylic acids is 1. The highest BCUT2D eigenvalue weighted by Gasteiger charge is 2.19. The van der Waals surface area contributed by atoms with Gasteiger partial charge in [0.25, 0.3) is 5.91 Å². The number of nitrogens with zero attached hydrogens (tertiary/aromatic N) is 1. The molecule has 5 heteroatoms. The molecule has 0 aliphatic carbocycles. The highest BCUT2D eigenvalue weighted by atomic mass is 127. The summed E-state index contributed by atoms with van der Waals surface area (Å²) in [6.07, 6.45) is 2.97. The Morgan fingerprint density at radius 3 is 2.72 bits per heavy atom. The summed E-state index contributed by atoms with van der Waals surface area (Å²) in [5.74, 6) is 1.05. The van der Waals surface area contributed by atoms with E-state index in [4.69, 9.17) is 0 Å².